The number of benzene rings is 1. The molecule has 3 rings (SSSR count). The molecule has 2 atom stereocenters. The highest BCUT2D eigenvalue weighted by Crippen LogP contribution is 2.23. The number of aliphatic hydroxyl groups is 1. The van der Waals surface area contributed by atoms with Gasteiger partial charge in [-0.05, 0) is 31.0 Å². The summed E-state index contributed by atoms with van der Waals surface area (Å²) >= 11 is 0. The molecule has 0 spiro atoms. The van der Waals surface area contributed by atoms with E-state index < -0.39 is 6.10 Å². The quantitative estimate of drug-likeness (QED) is 0.898. The van der Waals surface area contributed by atoms with Crippen molar-refractivity contribution >= 4 is 0 Å². The van der Waals surface area contributed by atoms with Gasteiger partial charge in [-0.3, -0.25) is 0 Å². The molecule has 2 N–H and O–H groups in total. The number of hydrogen-bond acceptors (Lipinski definition) is 4. The number of rotatable bonds is 4. The van der Waals surface area contributed by atoms with E-state index >= 15 is 0 Å². The summed E-state index contributed by atoms with van der Waals surface area (Å²) in [6.07, 6.45) is 1.65. The third kappa shape index (κ3) is 2.73. The number of aliphatic hydroxyl groups excluding tert-OH is 1. The second kappa shape index (κ2) is 5.73. The van der Waals surface area contributed by atoms with Crippen molar-refractivity contribution in [3.63, 3.8) is 0 Å². The highest BCUT2D eigenvalue weighted by atomic mass is 19.1. The SMILES string of the molecule is O[C@H](c1cc(Cc2ccccc2F)on1)[C@@H]1CCCN1. The van der Waals surface area contributed by atoms with E-state index in [9.17, 15) is 9.50 Å². The highest BCUT2D eigenvalue weighted by molar-refractivity contribution is 5.23. The van der Waals surface area contributed by atoms with Crippen LogP contribution in [0.4, 0.5) is 4.39 Å². The summed E-state index contributed by atoms with van der Waals surface area (Å²) in [5, 5.41) is 17.3. The molecule has 2 heterocycles. The number of nitrogens with one attached hydrogen (secondary N) is 1. The molecular formula is C15H17FN2O2. The van der Waals surface area contributed by atoms with E-state index in [1.165, 1.54) is 6.07 Å². The van der Waals surface area contributed by atoms with Crippen LogP contribution in [-0.4, -0.2) is 22.8 Å². The lowest BCUT2D eigenvalue weighted by Gasteiger charge is -2.14. The Balaban J connectivity index is 1.72. The van der Waals surface area contributed by atoms with Gasteiger partial charge in [0.25, 0.3) is 0 Å². The van der Waals surface area contributed by atoms with Gasteiger partial charge in [-0.25, -0.2) is 4.39 Å². The van der Waals surface area contributed by atoms with Gasteiger partial charge in [-0.15, -0.1) is 0 Å². The topological polar surface area (TPSA) is 58.3 Å². The molecule has 4 nitrogen and oxygen atoms in total. The first-order chi connectivity index (χ1) is 9.74. The van der Waals surface area contributed by atoms with Gasteiger partial charge in [0.1, 0.15) is 23.4 Å². The summed E-state index contributed by atoms with van der Waals surface area (Å²) < 4.78 is 18.8. The predicted molar refractivity (Wildman–Crippen MR) is 71.7 cm³/mol. The first-order valence-electron chi connectivity index (χ1n) is 6.84. The second-order valence-electron chi connectivity index (χ2n) is 5.13. The normalized spacial score (nSPS) is 20.2. The third-order valence-electron chi connectivity index (χ3n) is 3.68. The molecule has 0 aliphatic carbocycles. The molecule has 0 radical (unpaired) electrons. The highest BCUT2D eigenvalue weighted by Gasteiger charge is 2.26. The van der Waals surface area contributed by atoms with E-state index in [-0.39, 0.29) is 11.9 Å². The lowest BCUT2D eigenvalue weighted by atomic mass is 10.0. The van der Waals surface area contributed by atoms with Crippen molar-refractivity contribution in [2.75, 3.05) is 6.54 Å². The zero-order chi connectivity index (χ0) is 13.9. The fourth-order valence-electron chi connectivity index (χ4n) is 2.57. The van der Waals surface area contributed by atoms with Crippen LogP contribution in [-0.2, 0) is 6.42 Å². The minimum absolute atomic E-state index is 0.0291. The molecule has 20 heavy (non-hydrogen) atoms. The Morgan fingerprint density at radius 2 is 2.30 bits per heavy atom. The van der Waals surface area contributed by atoms with Crippen molar-refractivity contribution in [3.05, 3.63) is 53.2 Å². The largest absolute Gasteiger partial charge is 0.385 e. The lowest BCUT2D eigenvalue weighted by Crippen LogP contribution is -2.28. The molecule has 0 amide bonds. The van der Waals surface area contributed by atoms with E-state index in [2.05, 4.69) is 10.5 Å². The summed E-state index contributed by atoms with van der Waals surface area (Å²) in [5.74, 6) is 0.297. The van der Waals surface area contributed by atoms with E-state index in [0.29, 0.717) is 23.4 Å². The molecule has 1 aliphatic heterocycles. The Morgan fingerprint density at radius 3 is 3.05 bits per heavy atom. The van der Waals surface area contributed by atoms with Crippen LogP contribution in [0.25, 0.3) is 0 Å². The predicted octanol–water partition coefficient (Wildman–Crippen LogP) is 2.19. The van der Waals surface area contributed by atoms with Gasteiger partial charge in [0.05, 0.1) is 0 Å². The minimum Gasteiger partial charge on any atom is -0.385 e. The zero-order valence-electron chi connectivity index (χ0n) is 11.1. The van der Waals surface area contributed by atoms with Gasteiger partial charge >= 0.3 is 0 Å². The number of halogens is 1. The van der Waals surface area contributed by atoms with Gasteiger partial charge in [0.2, 0.25) is 0 Å². The van der Waals surface area contributed by atoms with Gasteiger partial charge < -0.3 is 14.9 Å². The van der Waals surface area contributed by atoms with Crippen LogP contribution in [0.15, 0.2) is 34.9 Å². The molecule has 1 aliphatic rings. The van der Waals surface area contributed by atoms with Crippen molar-refractivity contribution in [1.82, 2.24) is 10.5 Å². The maximum absolute atomic E-state index is 13.6. The van der Waals surface area contributed by atoms with E-state index in [1.54, 1.807) is 24.3 Å². The van der Waals surface area contributed by atoms with E-state index in [4.69, 9.17) is 4.52 Å². The average molecular weight is 276 g/mol. The van der Waals surface area contributed by atoms with Gasteiger partial charge in [0.15, 0.2) is 0 Å². The third-order valence-corrected chi connectivity index (χ3v) is 3.68. The molecule has 1 fully saturated rings. The summed E-state index contributed by atoms with van der Waals surface area (Å²) in [6, 6.07) is 8.31. The van der Waals surface area contributed by atoms with Crippen LogP contribution in [0, 0.1) is 5.82 Å². The molecule has 1 saturated heterocycles. The van der Waals surface area contributed by atoms with Crippen LogP contribution < -0.4 is 5.32 Å². The summed E-state index contributed by atoms with van der Waals surface area (Å²) in [7, 11) is 0. The molecule has 0 bridgehead atoms. The first-order valence-corrected chi connectivity index (χ1v) is 6.84. The van der Waals surface area contributed by atoms with Crippen molar-refractivity contribution in [2.45, 2.75) is 31.4 Å². The van der Waals surface area contributed by atoms with Crippen LogP contribution >= 0.6 is 0 Å². The van der Waals surface area contributed by atoms with Crippen LogP contribution in [0.5, 0.6) is 0 Å². The zero-order valence-corrected chi connectivity index (χ0v) is 11.1. The van der Waals surface area contributed by atoms with E-state index in [0.717, 1.165) is 19.4 Å². The van der Waals surface area contributed by atoms with Gasteiger partial charge in [-0.2, -0.15) is 0 Å². The molecular weight excluding hydrogens is 259 g/mol. The molecule has 0 unspecified atom stereocenters. The molecule has 106 valence electrons. The molecule has 1 aromatic carbocycles. The van der Waals surface area contributed by atoms with E-state index in [1.807, 2.05) is 0 Å². The van der Waals surface area contributed by atoms with Gasteiger partial charge in [0, 0.05) is 18.5 Å². The minimum atomic E-state index is -0.671. The summed E-state index contributed by atoms with van der Waals surface area (Å²) in [6.45, 7) is 0.918. The average Bonchev–Trinajstić information content (AvgIpc) is 3.12. The Labute approximate surface area is 116 Å². The fraction of sp³-hybridized carbons (Fsp3) is 0.400. The maximum Gasteiger partial charge on any atom is 0.141 e. The smallest absolute Gasteiger partial charge is 0.141 e. The van der Waals surface area contributed by atoms with Crippen LogP contribution in [0.2, 0.25) is 0 Å². The Bertz CT molecular complexity index is 579. The Hall–Kier alpha value is -1.72. The Kier molecular flexibility index (Phi) is 3.80. The number of nitrogens with zero attached hydrogens (tertiary/aromatic N) is 1. The van der Waals surface area contributed by atoms with Crippen molar-refractivity contribution < 1.29 is 14.0 Å². The van der Waals surface area contributed by atoms with Crippen molar-refractivity contribution in [1.29, 1.82) is 0 Å². The van der Waals surface area contributed by atoms with Crippen molar-refractivity contribution in [3.8, 4) is 0 Å². The summed E-state index contributed by atoms with van der Waals surface area (Å²) in [4.78, 5) is 0. The lowest BCUT2D eigenvalue weighted by molar-refractivity contribution is 0.128. The van der Waals surface area contributed by atoms with Gasteiger partial charge in [-0.1, -0.05) is 23.4 Å². The van der Waals surface area contributed by atoms with Crippen LogP contribution in [0.3, 0.4) is 0 Å². The monoisotopic (exact) mass is 276 g/mol. The number of aromatic nitrogens is 1. The number of hydrogen-bond donors (Lipinski definition) is 2. The molecule has 5 heteroatoms. The molecule has 1 aromatic heterocycles. The first kappa shape index (κ1) is 13.3. The molecule has 0 saturated carbocycles. The van der Waals surface area contributed by atoms with Crippen LogP contribution in [0.1, 0.15) is 36.0 Å². The second-order valence-corrected chi connectivity index (χ2v) is 5.13. The maximum atomic E-state index is 13.6. The fourth-order valence-corrected chi connectivity index (χ4v) is 2.57. The standard InChI is InChI=1S/C15H17FN2O2/c16-12-5-2-1-4-10(12)8-11-9-14(18-20-11)15(19)13-6-3-7-17-13/h1-2,4-5,9,13,15,17,19H,3,6-8H2/t13-,15-/m0/s1. The summed E-state index contributed by atoms with van der Waals surface area (Å²) in [5.41, 5.74) is 1.07. The Morgan fingerprint density at radius 1 is 1.45 bits per heavy atom. The molecule has 2 aromatic rings. The van der Waals surface area contributed by atoms with Crippen molar-refractivity contribution in [2.24, 2.45) is 0 Å².